The van der Waals surface area contributed by atoms with Gasteiger partial charge in [0.15, 0.2) is 0 Å². The minimum Gasteiger partial charge on any atom is -0.399 e. The molecule has 0 aromatic heterocycles. The quantitative estimate of drug-likeness (QED) is 0.853. The van der Waals surface area contributed by atoms with Gasteiger partial charge < -0.3 is 16.0 Å². The van der Waals surface area contributed by atoms with E-state index in [4.69, 9.17) is 17.3 Å². The zero-order chi connectivity index (χ0) is 15.6. The Morgan fingerprint density at radius 2 is 1.90 bits per heavy atom. The average molecular weight is 304 g/mol. The molecule has 0 saturated heterocycles. The van der Waals surface area contributed by atoms with Gasteiger partial charge in [-0.3, -0.25) is 4.79 Å². The number of rotatable bonds is 3. The summed E-state index contributed by atoms with van der Waals surface area (Å²) < 4.78 is 0. The smallest absolute Gasteiger partial charge is 0.257 e. The first-order chi connectivity index (χ1) is 9.88. The maximum absolute atomic E-state index is 12.5. The van der Waals surface area contributed by atoms with Crippen molar-refractivity contribution in [3.63, 3.8) is 0 Å². The van der Waals surface area contributed by atoms with Crippen molar-refractivity contribution in [3.8, 4) is 0 Å². The van der Waals surface area contributed by atoms with E-state index in [1.165, 1.54) is 0 Å². The van der Waals surface area contributed by atoms with Crippen molar-refractivity contribution in [2.75, 3.05) is 30.0 Å². The fraction of sp³-hybridized carbons (Fsp3) is 0.188. The zero-order valence-electron chi connectivity index (χ0n) is 12.3. The first-order valence-electron chi connectivity index (χ1n) is 6.53. The van der Waals surface area contributed by atoms with Crippen LogP contribution in [0.15, 0.2) is 36.4 Å². The summed E-state index contributed by atoms with van der Waals surface area (Å²) in [5.41, 5.74) is 9.25. The second kappa shape index (κ2) is 6.06. The van der Waals surface area contributed by atoms with Crippen molar-refractivity contribution in [2.45, 2.75) is 6.92 Å². The molecule has 3 N–H and O–H groups in total. The molecule has 0 fully saturated rings. The highest BCUT2D eigenvalue weighted by molar-refractivity contribution is 6.34. The third-order valence-electron chi connectivity index (χ3n) is 3.12. The molecule has 0 aliphatic heterocycles. The van der Waals surface area contributed by atoms with Crippen LogP contribution in [0.1, 0.15) is 15.9 Å². The molecule has 1 amide bonds. The van der Waals surface area contributed by atoms with Gasteiger partial charge in [0.25, 0.3) is 5.91 Å². The molecule has 0 spiro atoms. The van der Waals surface area contributed by atoms with E-state index in [0.717, 1.165) is 11.3 Å². The van der Waals surface area contributed by atoms with E-state index >= 15 is 0 Å². The van der Waals surface area contributed by atoms with Gasteiger partial charge in [0.1, 0.15) is 0 Å². The number of nitrogens with zero attached hydrogens (tertiary/aromatic N) is 1. The van der Waals surface area contributed by atoms with Gasteiger partial charge in [0.05, 0.1) is 16.3 Å². The van der Waals surface area contributed by atoms with Crippen LogP contribution in [0, 0.1) is 6.92 Å². The Bertz CT molecular complexity index is 683. The van der Waals surface area contributed by atoms with Crippen LogP contribution < -0.4 is 16.0 Å². The number of aryl methyl sites for hydroxylation is 1. The van der Waals surface area contributed by atoms with Gasteiger partial charge in [-0.05, 0) is 42.8 Å². The standard InChI is InChI=1S/C16H18ClN3O/c1-10-4-6-14(13(17)8-10)19-16(21)12-9-11(18)5-7-15(12)20(2)3/h4-9H,18H2,1-3H3,(H,19,21). The van der Waals surface area contributed by atoms with Gasteiger partial charge in [-0.15, -0.1) is 0 Å². The fourth-order valence-corrected chi connectivity index (χ4v) is 2.32. The Kier molecular flexibility index (Phi) is 4.38. The van der Waals surface area contributed by atoms with Crippen molar-refractivity contribution in [1.82, 2.24) is 0 Å². The lowest BCUT2D eigenvalue weighted by molar-refractivity contribution is 0.102. The Hall–Kier alpha value is -2.20. The largest absolute Gasteiger partial charge is 0.399 e. The van der Waals surface area contributed by atoms with E-state index in [9.17, 15) is 4.79 Å². The summed E-state index contributed by atoms with van der Waals surface area (Å²) in [4.78, 5) is 14.3. The Labute approximate surface area is 129 Å². The van der Waals surface area contributed by atoms with Gasteiger partial charge in [-0.1, -0.05) is 17.7 Å². The molecule has 0 bridgehead atoms. The van der Waals surface area contributed by atoms with Crippen molar-refractivity contribution in [3.05, 3.63) is 52.5 Å². The molecule has 110 valence electrons. The first-order valence-corrected chi connectivity index (χ1v) is 6.90. The summed E-state index contributed by atoms with van der Waals surface area (Å²) >= 11 is 6.14. The van der Waals surface area contributed by atoms with Gasteiger partial charge in [-0.25, -0.2) is 0 Å². The summed E-state index contributed by atoms with van der Waals surface area (Å²) in [7, 11) is 3.75. The van der Waals surface area contributed by atoms with Crippen LogP contribution in [0.25, 0.3) is 0 Å². The van der Waals surface area contributed by atoms with E-state index in [-0.39, 0.29) is 5.91 Å². The Balaban J connectivity index is 2.34. The lowest BCUT2D eigenvalue weighted by Crippen LogP contribution is -2.19. The molecule has 2 aromatic carbocycles. The molecule has 0 atom stereocenters. The summed E-state index contributed by atoms with van der Waals surface area (Å²) in [5.74, 6) is -0.239. The molecule has 0 saturated carbocycles. The number of nitrogens with two attached hydrogens (primary N) is 1. The number of nitrogen functional groups attached to an aromatic ring is 1. The minimum atomic E-state index is -0.239. The van der Waals surface area contributed by atoms with Crippen LogP contribution in [0.2, 0.25) is 5.02 Å². The topological polar surface area (TPSA) is 58.4 Å². The molecular formula is C16H18ClN3O. The van der Waals surface area contributed by atoms with E-state index < -0.39 is 0 Å². The Morgan fingerprint density at radius 1 is 1.19 bits per heavy atom. The number of nitrogens with one attached hydrogen (secondary N) is 1. The molecule has 0 radical (unpaired) electrons. The zero-order valence-corrected chi connectivity index (χ0v) is 13.0. The normalized spacial score (nSPS) is 10.3. The van der Waals surface area contributed by atoms with Crippen LogP contribution in [0.5, 0.6) is 0 Å². The highest BCUT2D eigenvalue weighted by Gasteiger charge is 2.14. The summed E-state index contributed by atoms with van der Waals surface area (Å²) in [5, 5.41) is 3.34. The van der Waals surface area contributed by atoms with Crippen molar-refractivity contribution in [1.29, 1.82) is 0 Å². The lowest BCUT2D eigenvalue weighted by Gasteiger charge is -2.18. The number of hydrogen-bond acceptors (Lipinski definition) is 3. The van der Waals surface area contributed by atoms with E-state index in [1.807, 2.05) is 44.1 Å². The molecule has 0 heterocycles. The van der Waals surface area contributed by atoms with Crippen LogP contribution in [0.4, 0.5) is 17.1 Å². The van der Waals surface area contributed by atoms with Crippen molar-refractivity contribution >= 4 is 34.6 Å². The van der Waals surface area contributed by atoms with Gasteiger partial charge in [0, 0.05) is 25.5 Å². The SMILES string of the molecule is Cc1ccc(NC(=O)c2cc(N)ccc2N(C)C)c(Cl)c1. The van der Waals surface area contributed by atoms with Gasteiger partial charge in [-0.2, -0.15) is 0 Å². The number of carbonyl (C=O) groups is 1. The molecular weight excluding hydrogens is 286 g/mol. The molecule has 0 aliphatic carbocycles. The van der Waals surface area contributed by atoms with Crippen LogP contribution >= 0.6 is 11.6 Å². The maximum atomic E-state index is 12.5. The van der Waals surface area contributed by atoms with E-state index in [2.05, 4.69) is 5.32 Å². The predicted molar refractivity (Wildman–Crippen MR) is 89.3 cm³/mol. The molecule has 4 nitrogen and oxygen atoms in total. The third-order valence-corrected chi connectivity index (χ3v) is 3.43. The predicted octanol–water partition coefficient (Wildman–Crippen LogP) is 3.55. The van der Waals surface area contributed by atoms with Crippen molar-refractivity contribution in [2.24, 2.45) is 0 Å². The van der Waals surface area contributed by atoms with Crippen LogP contribution in [0.3, 0.4) is 0 Å². The van der Waals surface area contributed by atoms with Crippen LogP contribution in [-0.2, 0) is 0 Å². The molecule has 5 heteroatoms. The molecule has 0 aliphatic rings. The van der Waals surface area contributed by atoms with Gasteiger partial charge >= 0.3 is 0 Å². The van der Waals surface area contributed by atoms with E-state index in [1.54, 1.807) is 18.2 Å². The fourth-order valence-electron chi connectivity index (χ4n) is 2.04. The first kappa shape index (κ1) is 15.2. The molecule has 21 heavy (non-hydrogen) atoms. The number of anilines is 3. The number of benzene rings is 2. The second-order valence-electron chi connectivity index (χ2n) is 5.11. The maximum Gasteiger partial charge on any atom is 0.257 e. The highest BCUT2D eigenvalue weighted by Crippen LogP contribution is 2.26. The third kappa shape index (κ3) is 3.47. The number of hydrogen-bond donors (Lipinski definition) is 2. The monoisotopic (exact) mass is 303 g/mol. The Morgan fingerprint density at radius 3 is 2.52 bits per heavy atom. The number of amides is 1. The molecule has 2 aromatic rings. The highest BCUT2D eigenvalue weighted by atomic mass is 35.5. The number of carbonyl (C=O) groups excluding carboxylic acids is 1. The lowest BCUT2D eigenvalue weighted by atomic mass is 10.1. The van der Waals surface area contributed by atoms with Gasteiger partial charge in [0.2, 0.25) is 0 Å². The second-order valence-corrected chi connectivity index (χ2v) is 5.52. The summed E-state index contributed by atoms with van der Waals surface area (Å²) in [6.07, 6.45) is 0. The number of halogens is 1. The minimum absolute atomic E-state index is 0.239. The summed E-state index contributed by atoms with van der Waals surface area (Å²) in [6.45, 7) is 1.94. The molecule has 0 unspecified atom stereocenters. The van der Waals surface area contributed by atoms with E-state index in [0.29, 0.717) is 22.0 Å². The summed E-state index contributed by atoms with van der Waals surface area (Å²) in [6, 6.07) is 10.7. The van der Waals surface area contributed by atoms with Crippen molar-refractivity contribution < 1.29 is 4.79 Å². The average Bonchev–Trinajstić information content (AvgIpc) is 2.41. The molecule has 2 rings (SSSR count). The van der Waals surface area contributed by atoms with Crippen LogP contribution in [-0.4, -0.2) is 20.0 Å².